The van der Waals surface area contributed by atoms with Gasteiger partial charge in [-0.1, -0.05) is 5.92 Å². The Morgan fingerprint density at radius 3 is 2.25 bits per heavy atom. The van der Waals surface area contributed by atoms with Crippen LogP contribution in [0.3, 0.4) is 0 Å². The molecule has 5 amide bonds. The van der Waals surface area contributed by atoms with E-state index in [2.05, 4.69) is 41.7 Å². The summed E-state index contributed by atoms with van der Waals surface area (Å²) in [5.74, 6) is 0.426. The van der Waals surface area contributed by atoms with Gasteiger partial charge in [0.1, 0.15) is 5.75 Å². The maximum Gasteiger partial charge on any atom is 0.335 e. The first-order chi connectivity index (χ1) is 26.3. The van der Waals surface area contributed by atoms with Gasteiger partial charge in [-0.3, -0.25) is 29.3 Å². The van der Waals surface area contributed by atoms with E-state index in [1.165, 1.54) is 51.5 Å². The van der Waals surface area contributed by atoms with E-state index in [0.717, 1.165) is 33.3 Å². The summed E-state index contributed by atoms with van der Waals surface area (Å²) >= 11 is 0. The van der Waals surface area contributed by atoms with Gasteiger partial charge in [-0.05, 0) is 37.0 Å². The van der Waals surface area contributed by atoms with E-state index in [-0.39, 0.29) is 70.3 Å². The fourth-order valence-electron chi connectivity index (χ4n) is 5.86. The number of nitrogens with zero attached hydrogens (tertiary/aromatic N) is 10. The van der Waals surface area contributed by atoms with Crippen LogP contribution in [0.4, 0.5) is 26.5 Å². The van der Waals surface area contributed by atoms with Crippen LogP contribution in [0.25, 0.3) is 11.4 Å². The van der Waals surface area contributed by atoms with Gasteiger partial charge in [0.25, 0.3) is 27.7 Å². The Bertz CT molecular complexity index is 2370. The van der Waals surface area contributed by atoms with Crippen LogP contribution >= 0.6 is 0 Å². The number of sulfonamides is 1. The Hall–Kier alpha value is -6.96. The summed E-state index contributed by atoms with van der Waals surface area (Å²) in [7, 11) is 1.27. The first-order valence-electron chi connectivity index (χ1n) is 16.1. The van der Waals surface area contributed by atoms with E-state index in [1.807, 2.05) is 4.72 Å². The van der Waals surface area contributed by atoms with E-state index in [0.29, 0.717) is 24.0 Å². The van der Waals surface area contributed by atoms with E-state index < -0.39 is 33.7 Å². The van der Waals surface area contributed by atoms with Crippen LogP contribution in [0, 0.1) is 18.2 Å². The molecule has 3 aromatic heterocycles. The molecule has 0 saturated carbocycles. The molecular formula is C32H31FN12O9S. The molecule has 2 N–H and O–H groups in total. The zero-order valence-electron chi connectivity index (χ0n) is 29.6. The Morgan fingerprint density at radius 2 is 1.67 bits per heavy atom. The number of anilines is 3. The Balaban J connectivity index is 0.000000188. The quantitative estimate of drug-likeness (QED) is 0.186. The number of methoxy groups -OCH3 is 2. The summed E-state index contributed by atoms with van der Waals surface area (Å²) in [5, 5.41) is 17.1. The Labute approximate surface area is 311 Å². The van der Waals surface area contributed by atoms with Crippen molar-refractivity contribution in [3.05, 3.63) is 41.4 Å². The van der Waals surface area contributed by atoms with Crippen molar-refractivity contribution in [1.29, 1.82) is 0 Å². The number of hydrogen-bond acceptors (Lipinski definition) is 15. The average Bonchev–Trinajstić information content (AvgIpc) is 3.84. The monoisotopic (exact) mass is 778 g/mol. The van der Waals surface area contributed by atoms with Crippen LogP contribution < -0.4 is 34.0 Å². The topological polar surface area (TPSA) is 248 Å². The standard InChI is InChI=1S/C19H15FN2O4.C13H16N10O5S/c1-2-7-21-15-9-14(13(20)8-16(15)26-10-17(21)23)22-18(24)11-5-3-4-6-12(11)19(22)25;1-22-11(7(6-14-22)10-18-21-23(2)19-10)29(25,26)20-13(24)17-12-15-8(27-3)5-9(16-12)28-4/h1,8-9H,3-7,10H2;5-6H,1-4H3,(H2,15,16,17,20,24). The smallest absolute Gasteiger partial charge is 0.335 e. The maximum atomic E-state index is 14.7. The molecule has 0 atom stereocenters. The number of imide groups is 1. The number of ether oxygens (including phenoxy) is 3. The van der Waals surface area contributed by atoms with Gasteiger partial charge in [-0.15, -0.1) is 16.6 Å². The number of nitrogens with one attached hydrogen (secondary N) is 2. The third-order valence-corrected chi connectivity index (χ3v) is 9.74. The number of carbonyl (C=O) groups excluding carboxylic acids is 4. The van der Waals surface area contributed by atoms with Crippen molar-refractivity contribution in [3.63, 3.8) is 0 Å². The number of halogens is 1. The van der Waals surface area contributed by atoms with Gasteiger partial charge in [0.15, 0.2) is 17.5 Å². The summed E-state index contributed by atoms with van der Waals surface area (Å²) in [6.45, 7) is -0.262. The lowest BCUT2D eigenvalue weighted by atomic mass is 9.93. The molecule has 0 unspecified atom stereocenters. The fraction of sp³-hybridized carbons (Fsp3) is 0.312. The van der Waals surface area contributed by atoms with E-state index in [1.54, 1.807) is 0 Å². The Kier molecular flexibility index (Phi) is 10.4. The van der Waals surface area contributed by atoms with Gasteiger partial charge in [0, 0.05) is 24.3 Å². The van der Waals surface area contributed by atoms with Crippen molar-refractivity contribution in [1.82, 2.24) is 44.7 Å². The largest absolute Gasteiger partial charge is 0.481 e. The van der Waals surface area contributed by atoms with E-state index in [4.69, 9.17) is 20.6 Å². The van der Waals surface area contributed by atoms with Crippen LogP contribution in [0.2, 0.25) is 0 Å². The van der Waals surface area contributed by atoms with Crippen LogP contribution in [-0.2, 0) is 38.5 Å². The van der Waals surface area contributed by atoms with Crippen molar-refractivity contribution < 1.29 is 46.2 Å². The summed E-state index contributed by atoms with van der Waals surface area (Å²) in [6, 6.07) is 2.64. The molecule has 55 heavy (non-hydrogen) atoms. The number of benzene rings is 1. The molecule has 4 aromatic rings. The highest BCUT2D eigenvalue weighted by Crippen LogP contribution is 2.41. The summed E-state index contributed by atoms with van der Waals surface area (Å²) in [5.41, 5.74) is 1.06. The molecule has 0 spiro atoms. The number of hydrogen-bond donors (Lipinski definition) is 2. The fourth-order valence-corrected chi connectivity index (χ4v) is 7.08. The number of tetrazole rings is 1. The molecule has 1 aliphatic carbocycles. The molecule has 0 radical (unpaired) electrons. The molecule has 2 aliphatic heterocycles. The number of terminal acetylenes is 1. The van der Waals surface area contributed by atoms with Gasteiger partial charge in [0.05, 0.1) is 57.0 Å². The third-order valence-electron chi connectivity index (χ3n) is 8.29. The minimum Gasteiger partial charge on any atom is -0.481 e. The predicted octanol–water partition coefficient (Wildman–Crippen LogP) is 0.856. The molecule has 0 saturated heterocycles. The number of aromatic nitrogens is 8. The molecular weight excluding hydrogens is 747 g/mol. The molecule has 3 aliphatic rings. The van der Waals surface area contributed by atoms with Crippen LogP contribution in [-0.4, -0.2) is 99.5 Å². The molecule has 21 nitrogen and oxygen atoms in total. The molecule has 7 rings (SSSR count). The minimum atomic E-state index is -4.36. The van der Waals surface area contributed by atoms with E-state index >= 15 is 0 Å². The van der Waals surface area contributed by atoms with Crippen molar-refractivity contribution in [2.75, 3.05) is 42.5 Å². The summed E-state index contributed by atoms with van der Waals surface area (Å²) < 4.78 is 58.3. The number of rotatable bonds is 8. The maximum absolute atomic E-state index is 14.7. The first kappa shape index (κ1) is 37.8. The average molecular weight is 779 g/mol. The second-order valence-corrected chi connectivity index (χ2v) is 13.4. The zero-order valence-corrected chi connectivity index (χ0v) is 30.4. The van der Waals surface area contributed by atoms with Crippen molar-refractivity contribution >= 4 is 51.1 Å². The Morgan fingerprint density at radius 1 is 1.02 bits per heavy atom. The van der Waals surface area contributed by atoms with Crippen molar-refractivity contribution in [2.24, 2.45) is 14.1 Å². The van der Waals surface area contributed by atoms with E-state index in [9.17, 15) is 32.0 Å². The lowest BCUT2D eigenvalue weighted by molar-refractivity contribution is -0.121. The predicted molar refractivity (Wildman–Crippen MR) is 187 cm³/mol. The van der Waals surface area contributed by atoms with Crippen LogP contribution in [0.5, 0.6) is 17.5 Å². The third kappa shape index (κ3) is 7.47. The molecule has 0 bridgehead atoms. The number of amides is 5. The lowest BCUT2D eigenvalue weighted by Crippen LogP contribution is -2.39. The van der Waals surface area contributed by atoms with Crippen LogP contribution in [0.1, 0.15) is 25.7 Å². The summed E-state index contributed by atoms with van der Waals surface area (Å²) in [4.78, 5) is 60.7. The summed E-state index contributed by atoms with van der Waals surface area (Å²) in [6.07, 6.45) is 9.26. The van der Waals surface area contributed by atoms with Gasteiger partial charge in [0.2, 0.25) is 23.5 Å². The van der Waals surface area contributed by atoms with Crippen molar-refractivity contribution in [2.45, 2.75) is 30.7 Å². The van der Waals surface area contributed by atoms with Gasteiger partial charge in [-0.2, -0.15) is 28.3 Å². The number of fused-ring (bicyclic) bond motifs is 1. The minimum absolute atomic E-state index is 0.0170. The molecule has 23 heteroatoms. The van der Waals surface area contributed by atoms with Gasteiger partial charge < -0.3 is 14.2 Å². The normalized spacial score (nSPS) is 15.0. The highest BCUT2D eigenvalue weighted by Gasteiger charge is 2.42. The lowest BCUT2D eigenvalue weighted by Gasteiger charge is -2.29. The number of urea groups is 1. The van der Waals surface area contributed by atoms with Crippen molar-refractivity contribution in [3.8, 4) is 41.2 Å². The number of aryl methyl sites for hydroxylation is 2. The molecule has 5 heterocycles. The highest BCUT2D eigenvalue weighted by molar-refractivity contribution is 7.90. The van der Waals surface area contributed by atoms with Gasteiger partial charge in [-0.25, -0.2) is 18.8 Å². The second kappa shape index (κ2) is 15.2. The first-order valence-corrected chi connectivity index (χ1v) is 17.6. The molecule has 286 valence electrons. The second-order valence-electron chi connectivity index (χ2n) is 11.8. The molecule has 0 fully saturated rings. The van der Waals surface area contributed by atoms with Crippen LogP contribution in [0.15, 0.2) is 40.6 Å². The number of carbonyl (C=O) groups is 4. The van der Waals surface area contributed by atoms with Gasteiger partial charge >= 0.3 is 6.03 Å². The zero-order chi connectivity index (χ0) is 39.6. The highest BCUT2D eigenvalue weighted by atomic mass is 32.2. The molecule has 1 aromatic carbocycles. The SMILES string of the molecule is C#CCN1C(=O)COc2cc(F)c(N3C(=O)C4=C(CCCC4)C3=O)cc21.COc1cc(OC)nc(NC(=O)NS(=O)(=O)c2c(-c3nnn(C)n3)cnn2C)n1.